The molecule has 0 fully saturated rings. The lowest BCUT2D eigenvalue weighted by Crippen LogP contribution is -2.24. The van der Waals surface area contributed by atoms with E-state index in [4.69, 9.17) is 4.74 Å². The van der Waals surface area contributed by atoms with Crippen LogP contribution in [0.1, 0.15) is 27.0 Å². The first-order valence-corrected chi connectivity index (χ1v) is 10.9. The van der Waals surface area contributed by atoms with Crippen LogP contribution in [0.4, 0.5) is 0 Å². The average molecular weight is 425 g/mol. The molecule has 7 heteroatoms. The largest absolute Gasteiger partial charge is 0.496 e. The highest BCUT2D eigenvalue weighted by Crippen LogP contribution is 2.17. The van der Waals surface area contributed by atoms with E-state index in [1.54, 1.807) is 48.5 Å². The van der Waals surface area contributed by atoms with Crippen molar-refractivity contribution < 1.29 is 17.9 Å². The molecule has 0 aliphatic heterocycles. The molecule has 0 bridgehead atoms. The van der Waals surface area contributed by atoms with Crippen molar-refractivity contribution >= 4 is 15.9 Å². The second kappa shape index (κ2) is 9.56. The van der Waals surface area contributed by atoms with Gasteiger partial charge in [-0.1, -0.05) is 54.1 Å². The molecule has 0 saturated carbocycles. The summed E-state index contributed by atoms with van der Waals surface area (Å²) in [7, 11) is -2.04. The highest BCUT2D eigenvalue weighted by atomic mass is 32.2. The van der Waals surface area contributed by atoms with Gasteiger partial charge in [0.15, 0.2) is 0 Å². The molecule has 1 amide bonds. The molecule has 0 atom stereocenters. The SMILES string of the molecule is COc1ccccc1C(=O)NCc1ccc(CNS(=O)(=O)c2ccc(C)cc2)cc1. The van der Waals surface area contributed by atoms with E-state index in [1.165, 1.54) is 7.11 Å². The van der Waals surface area contributed by atoms with Gasteiger partial charge < -0.3 is 10.1 Å². The summed E-state index contributed by atoms with van der Waals surface area (Å²) in [5.41, 5.74) is 3.21. The number of para-hydroxylation sites is 1. The number of rotatable bonds is 8. The first kappa shape index (κ1) is 21.5. The van der Waals surface area contributed by atoms with Crippen LogP contribution in [0.25, 0.3) is 0 Å². The minimum atomic E-state index is -3.56. The van der Waals surface area contributed by atoms with Crippen LogP contribution in [0.3, 0.4) is 0 Å². The fourth-order valence-electron chi connectivity index (χ4n) is 2.86. The molecule has 0 aliphatic rings. The minimum Gasteiger partial charge on any atom is -0.496 e. The van der Waals surface area contributed by atoms with Crippen molar-refractivity contribution in [2.45, 2.75) is 24.9 Å². The lowest BCUT2D eigenvalue weighted by molar-refractivity contribution is 0.0948. The first-order valence-electron chi connectivity index (χ1n) is 9.44. The van der Waals surface area contributed by atoms with Gasteiger partial charge in [0, 0.05) is 13.1 Å². The molecule has 3 aromatic carbocycles. The fourth-order valence-corrected chi connectivity index (χ4v) is 3.88. The Morgan fingerprint density at radius 2 is 1.47 bits per heavy atom. The Hall–Kier alpha value is -3.16. The normalized spacial score (nSPS) is 11.1. The molecule has 2 N–H and O–H groups in total. The Kier molecular flexibility index (Phi) is 6.87. The van der Waals surface area contributed by atoms with Gasteiger partial charge in [-0.25, -0.2) is 13.1 Å². The summed E-state index contributed by atoms with van der Waals surface area (Å²) in [6, 6.07) is 21.1. The predicted molar refractivity (Wildman–Crippen MR) is 116 cm³/mol. The fraction of sp³-hybridized carbons (Fsp3) is 0.174. The maximum absolute atomic E-state index is 12.4. The van der Waals surface area contributed by atoms with Crippen LogP contribution >= 0.6 is 0 Å². The van der Waals surface area contributed by atoms with Crippen LogP contribution < -0.4 is 14.8 Å². The van der Waals surface area contributed by atoms with Crippen molar-refractivity contribution in [2.75, 3.05) is 7.11 Å². The molecule has 3 aromatic rings. The van der Waals surface area contributed by atoms with E-state index < -0.39 is 10.0 Å². The van der Waals surface area contributed by atoms with E-state index >= 15 is 0 Å². The molecule has 0 saturated heterocycles. The number of sulfonamides is 1. The van der Waals surface area contributed by atoms with Gasteiger partial charge in [-0.05, 0) is 42.3 Å². The van der Waals surface area contributed by atoms with Crippen LogP contribution in [-0.4, -0.2) is 21.4 Å². The highest BCUT2D eigenvalue weighted by Gasteiger charge is 2.13. The van der Waals surface area contributed by atoms with Crippen molar-refractivity contribution in [1.82, 2.24) is 10.0 Å². The number of carbonyl (C=O) groups excluding carboxylic acids is 1. The van der Waals surface area contributed by atoms with Gasteiger partial charge in [0.1, 0.15) is 5.75 Å². The molecule has 0 unspecified atom stereocenters. The van der Waals surface area contributed by atoms with Crippen molar-refractivity contribution in [2.24, 2.45) is 0 Å². The third-order valence-corrected chi connectivity index (χ3v) is 6.04. The molecule has 30 heavy (non-hydrogen) atoms. The number of hydrogen-bond donors (Lipinski definition) is 2. The van der Waals surface area contributed by atoms with Gasteiger partial charge >= 0.3 is 0 Å². The van der Waals surface area contributed by atoms with E-state index in [9.17, 15) is 13.2 Å². The zero-order chi connectivity index (χ0) is 21.6. The second-order valence-corrected chi connectivity index (χ2v) is 8.60. The summed E-state index contributed by atoms with van der Waals surface area (Å²) < 4.78 is 32.6. The highest BCUT2D eigenvalue weighted by molar-refractivity contribution is 7.89. The third-order valence-electron chi connectivity index (χ3n) is 4.63. The van der Waals surface area contributed by atoms with Gasteiger partial charge in [-0.3, -0.25) is 4.79 Å². The second-order valence-electron chi connectivity index (χ2n) is 6.84. The van der Waals surface area contributed by atoms with Gasteiger partial charge in [0.25, 0.3) is 5.91 Å². The minimum absolute atomic E-state index is 0.185. The zero-order valence-corrected chi connectivity index (χ0v) is 17.7. The van der Waals surface area contributed by atoms with Crippen LogP contribution in [0.2, 0.25) is 0 Å². The van der Waals surface area contributed by atoms with Crippen molar-refractivity contribution in [3.63, 3.8) is 0 Å². The van der Waals surface area contributed by atoms with Crippen LogP contribution in [0.5, 0.6) is 5.75 Å². The summed E-state index contributed by atoms with van der Waals surface area (Å²) in [5, 5.41) is 2.86. The molecular formula is C23H24N2O4S. The molecule has 156 valence electrons. The number of hydrogen-bond acceptors (Lipinski definition) is 4. The number of carbonyl (C=O) groups is 1. The van der Waals surface area contributed by atoms with E-state index in [2.05, 4.69) is 10.0 Å². The maximum atomic E-state index is 12.4. The number of benzene rings is 3. The number of nitrogens with one attached hydrogen (secondary N) is 2. The summed E-state index contributed by atoms with van der Waals surface area (Å²) >= 11 is 0. The van der Waals surface area contributed by atoms with Crippen LogP contribution in [0.15, 0.2) is 77.7 Å². The molecule has 0 aromatic heterocycles. The quantitative estimate of drug-likeness (QED) is 0.580. The van der Waals surface area contributed by atoms with E-state index in [-0.39, 0.29) is 17.3 Å². The van der Waals surface area contributed by atoms with Gasteiger partial charge in [-0.15, -0.1) is 0 Å². The molecule has 0 radical (unpaired) electrons. The summed E-state index contributed by atoms with van der Waals surface area (Å²) in [6.45, 7) is 2.44. The Bertz CT molecular complexity index is 1110. The molecule has 3 rings (SSSR count). The smallest absolute Gasteiger partial charge is 0.255 e. The Labute approximate surface area is 177 Å². The number of methoxy groups -OCH3 is 1. The van der Waals surface area contributed by atoms with Gasteiger partial charge in [0.2, 0.25) is 10.0 Å². The predicted octanol–water partition coefficient (Wildman–Crippen LogP) is 3.41. The van der Waals surface area contributed by atoms with Crippen molar-refractivity contribution in [1.29, 1.82) is 0 Å². The number of aryl methyl sites for hydroxylation is 1. The summed E-state index contributed by atoms with van der Waals surface area (Å²) in [4.78, 5) is 12.6. The lowest BCUT2D eigenvalue weighted by atomic mass is 10.1. The molecule has 6 nitrogen and oxygen atoms in total. The van der Waals surface area contributed by atoms with E-state index in [0.29, 0.717) is 17.9 Å². The Morgan fingerprint density at radius 3 is 2.10 bits per heavy atom. The summed E-state index contributed by atoms with van der Waals surface area (Å²) in [5.74, 6) is 0.300. The van der Waals surface area contributed by atoms with Crippen molar-refractivity contribution in [3.05, 3.63) is 95.1 Å². The van der Waals surface area contributed by atoms with Gasteiger partial charge in [-0.2, -0.15) is 0 Å². The molecule has 0 aliphatic carbocycles. The first-order chi connectivity index (χ1) is 14.4. The third kappa shape index (κ3) is 5.46. The Balaban J connectivity index is 1.56. The summed E-state index contributed by atoms with van der Waals surface area (Å²) in [6.07, 6.45) is 0. The zero-order valence-electron chi connectivity index (χ0n) is 16.9. The van der Waals surface area contributed by atoms with Crippen LogP contribution in [0, 0.1) is 6.92 Å². The molecule has 0 spiro atoms. The molecular weight excluding hydrogens is 400 g/mol. The van der Waals surface area contributed by atoms with E-state index in [0.717, 1.165) is 16.7 Å². The van der Waals surface area contributed by atoms with E-state index in [1.807, 2.05) is 31.2 Å². The molecule has 0 heterocycles. The lowest BCUT2D eigenvalue weighted by Gasteiger charge is -2.10. The number of ether oxygens (including phenoxy) is 1. The average Bonchev–Trinajstić information content (AvgIpc) is 2.77. The standard InChI is InChI=1S/C23H24N2O4S/c1-17-7-13-20(14-8-17)30(27,28)25-16-19-11-9-18(10-12-19)15-24-23(26)21-5-3-4-6-22(21)29-2/h3-14,25H,15-16H2,1-2H3,(H,24,26). The Morgan fingerprint density at radius 1 is 0.867 bits per heavy atom. The van der Waals surface area contributed by atoms with Crippen LogP contribution in [-0.2, 0) is 23.1 Å². The number of amides is 1. The monoisotopic (exact) mass is 424 g/mol. The topological polar surface area (TPSA) is 84.5 Å². The van der Waals surface area contributed by atoms with Crippen molar-refractivity contribution in [3.8, 4) is 5.75 Å². The van der Waals surface area contributed by atoms with Gasteiger partial charge in [0.05, 0.1) is 17.6 Å². The maximum Gasteiger partial charge on any atom is 0.255 e.